The minimum Gasteiger partial charge on any atom is -0.396 e. The number of aromatic nitrogens is 2. The van der Waals surface area contributed by atoms with Crippen molar-refractivity contribution in [3.63, 3.8) is 0 Å². The number of nitrogens with one attached hydrogen (secondary N) is 1. The van der Waals surface area contributed by atoms with Crippen molar-refractivity contribution in [1.29, 1.82) is 0 Å². The Balaban J connectivity index is 2.16. The molecule has 1 rings (SSSR count). The fourth-order valence-corrected chi connectivity index (χ4v) is 0.826. The summed E-state index contributed by atoms with van der Waals surface area (Å²) in [6.07, 6.45) is 4.21. The molecule has 0 saturated heterocycles. The quantitative estimate of drug-likeness (QED) is 0.604. The fourth-order valence-electron chi connectivity index (χ4n) is 0.826. The fraction of sp³-hybridized carbons (Fsp3) is 0.500. The van der Waals surface area contributed by atoms with Gasteiger partial charge in [0.1, 0.15) is 5.82 Å². The molecule has 12 heavy (non-hydrogen) atoms. The summed E-state index contributed by atoms with van der Waals surface area (Å²) in [5.74, 6) is 0.787. The van der Waals surface area contributed by atoms with Crippen LogP contribution < -0.4 is 5.32 Å². The summed E-state index contributed by atoms with van der Waals surface area (Å²) >= 11 is 0. The van der Waals surface area contributed by atoms with Crippen molar-refractivity contribution in [3.05, 3.63) is 24.3 Å². The van der Waals surface area contributed by atoms with Crippen molar-refractivity contribution in [2.24, 2.45) is 0 Å². The topological polar surface area (TPSA) is 58.0 Å². The van der Waals surface area contributed by atoms with Gasteiger partial charge < -0.3 is 10.4 Å². The number of nitrogens with zero attached hydrogens (tertiary/aromatic N) is 2. The van der Waals surface area contributed by atoms with Gasteiger partial charge in [0.25, 0.3) is 0 Å². The van der Waals surface area contributed by atoms with E-state index in [9.17, 15) is 0 Å². The number of rotatable bonds is 5. The normalized spacial score (nSPS) is 10.1. The molecule has 0 aromatic carbocycles. The summed E-state index contributed by atoms with van der Waals surface area (Å²) in [4.78, 5) is 8.08. The van der Waals surface area contributed by atoms with Crippen molar-refractivity contribution in [3.8, 4) is 0 Å². The highest BCUT2D eigenvalue weighted by Gasteiger charge is 1.91. The number of hydrogen-bond acceptors (Lipinski definition) is 4. The molecule has 0 fully saturated rings. The molecule has 0 aliphatic heterocycles. The lowest BCUT2D eigenvalue weighted by Crippen LogP contribution is -2.17. The summed E-state index contributed by atoms with van der Waals surface area (Å²) in [7, 11) is 0. The lowest BCUT2D eigenvalue weighted by molar-refractivity contribution is 0.286. The van der Waals surface area contributed by atoms with E-state index in [1.54, 1.807) is 18.5 Å². The lowest BCUT2D eigenvalue weighted by atomic mass is 10.4. The van der Waals surface area contributed by atoms with Gasteiger partial charge in [0.2, 0.25) is 0 Å². The molecular formula is C8H13N3O. The van der Waals surface area contributed by atoms with Crippen LogP contribution in [0.15, 0.2) is 18.5 Å². The minimum absolute atomic E-state index is 0.225. The van der Waals surface area contributed by atoms with Gasteiger partial charge in [-0.25, -0.2) is 9.97 Å². The van der Waals surface area contributed by atoms with Gasteiger partial charge in [0, 0.05) is 19.0 Å². The third-order valence-electron chi connectivity index (χ3n) is 1.41. The van der Waals surface area contributed by atoms with Crippen LogP contribution in [0.1, 0.15) is 12.2 Å². The van der Waals surface area contributed by atoms with E-state index in [1.165, 1.54) is 0 Å². The van der Waals surface area contributed by atoms with E-state index < -0.39 is 0 Å². The summed E-state index contributed by atoms with van der Waals surface area (Å²) in [6.45, 7) is 1.69. The molecule has 0 atom stereocenters. The average Bonchev–Trinajstić information content (AvgIpc) is 2.14. The smallest absolute Gasteiger partial charge is 0.141 e. The molecule has 4 nitrogen and oxygen atoms in total. The molecule has 0 aliphatic carbocycles. The van der Waals surface area contributed by atoms with Crippen molar-refractivity contribution in [1.82, 2.24) is 15.3 Å². The van der Waals surface area contributed by atoms with E-state index in [0.29, 0.717) is 6.54 Å². The Morgan fingerprint density at radius 1 is 1.33 bits per heavy atom. The van der Waals surface area contributed by atoms with Gasteiger partial charge in [-0.1, -0.05) is 0 Å². The molecule has 0 bridgehead atoms. The number of hydrogen-bond donors (Lipinski definition) is 2. The van der Waals surface area contributed by atoms with E-state index in [4.69, 9.17) is 5.11 Å². The molecule has 66 valence electrons. The number of aliphatic hydroxyl groups excluding tert-OH is 1. The predicted molar refractivity (Wildman–Crippen MR) is 45.4 cm³/mol. The third kappa shape index (κ3) is 3.41. The molecule has 0 radical (unpaired) electrons. The molecule has 2 N–H and O–H groups in total. The molecule has 1 aromatic rings. The minimum atomic E-state index is 0.225. The maximum Gasteiger partial charge on any atom is 0.141 e. The van der Waals surface area contributed by atoms with Crippen LogP contribution in [0, 0.1) is 0 Å². The van der Waals surface area contributed by atoms with Crippen LogP contribution in [0.3, 0.4) is 0 Å². The first-order chi connectivity index (χ1) is 5.93. The van der Waals surface area contributed by atoms with Gasteiger partial charge in [-0.15, -0.1) is 0 Å². The van der Waals surface area contributed by atoms with Gasteiger partial charge in [-0.05, 0) is 19.0 Å². The van der Waals surface area contributed by atoms with E-state index in [1.807, 2.05) is 0 Å². The second kappa shape index (κ2) is 5.62. The first-order valence-electron chi connectivity index (χ1n) is 4.01. The monoisotopic (exact) mass is 167 g/mol. The van der Waals surface area contributed by atoms with Crippen LogP contribution in [0.2, 0.25) is 0 Å². The van der Waals surface area contributed by atoms with Crippen LogP contribution in [0.25, 0.3) is 0 Å². The van der Waals surface area contributed by atoms with E-state index in [-0.39, 0.29) is 6.61 Å². The zero-order valence-corrected chi connectivity index (χ0v) is 6.90. The van der Waals surface area contributed by atoms with Gasteiger partial charge in [-0.3, -0.25) is 0 Å². The van der Waals surface area contributed by atoms with Crippen LogP contribution in [0.5, 0.6) is 0 Å². The maximum atomic E-state index is 8.49. The Hall–Kier alpha value is -1.00. The molecule has 0 amide bonds. The van der Waals surface area contributed by atoms with Crippen LogP contribution >= 0.6 is 0 Å². The van der Waals surface area contributed by atoms with Crippen molar-refractivity contribution < 1.29 is 5.11 Å². The summed E-state index contributed by atoms with van der Waals surface area (Å²) in [5, 5.41) is 11.6. The first kappa shape index (κ1) is 9.09. The standard InChI is InChI=1S/C8H13N3O/c12-6-2-3-9-7-8-10-4-1-5-11-8/h1,4-5,9,12H,2-3,6-7H2. The molecular weight excluding hydrogens is 154 g/mol. The summed E-state index contributed by atoms with van der Waals surface area (Å²) in [5.41, 5.74) is 0. The zero-order chi connectivity index (χ0) is 8.65. The van der Waals surface area contributed by atoms with Gasteiger partial charge in [-0.2, -0.15) is 0 Å². The molecule has 0 saturated carbocycles. The third-order valence-corrected chi connectivity index (χ3v) is 1.41. The Labute approximate surface area is 71.7 Å². The van der Waals surface area contributed by atoms with Gasteiger partial charge >= 0.3 is 0 Å². The van der Waals surface area contributed by atoms with Gasteiger partial charge in [0.15, 0.2) is 0 Å². The number of aliphatic hydroxyl groups is 1. The van der Waals surface area contributed by atoms with Crippen LogP contribution in [0.4, 0.5) is 0 Å². The highest BCUT2D eigenvalue weighted by molar-refractivity contribution is 4.87. The second-order valence-corrected chi connectivity index (χ2v) is 2.42. The Morgan fingerprint density at radius 3 is 2.75 bits per heavy atom. The molecule has 0 spiro atoms. The highest BCUT2D eigenvalue weighted by atomic mass is 16.3. The average molecular weight is 167 g/mol. The van der Waals surface area contributed by atoms with E-state index in [0.717, 1.165) is 18.8 Å². The van der Waals surface area contributed by atoms with Crippen molar-refractivity contribution in [2.75, 3.05) is 13.2 Å². The maximum absolute atomic E-state index is 8.49. The van der Waals surface area contributed by atoms with Crippen LogP contribution in [-0.2, 0) is 6.54 Å². The lowest BCUT2D eigenvalue weighted by Gasteiger charge is -2.00. The van der Waals surface area contributed by atoms with E-state index >= 15 is 0 Å². The molecule has 1 aromatic heterocycles. The molecule has 4 heteroatoms. The Bertz CT molecular complexity index is 203. The molecule has 1 heterocycles. The first-order valence-corrected chi connectivity index (χ1v) is 4.01. The largest absolute Gasteiger partial charge is 0.396 e. The zero-order valence-electron chi connectivity index (χ0n) is 6.90. The van der Waals surface area contributed by atoms with E-state index in [2.05, 4.69) is 15.3 Å². The predicted octanol–water partition coefficient (Wildman–Crippen LogP) is -0.0514. The second-order valence-electron chi connectivity index (χ2n) is 2.42. The molecule has 0 unspecified atom stereocenters. The van der Waals surface area contributed by atoms with Crippen molar-refractivity contribution >= 4 is 0 Å². The van der Waals surface area contributed by atoms with Gasteiger partial charge in [0.05, 0.1) is 6.54 Å². The van der Waals surface area contributed by atoms with Crippen LogP contribution in [-0.4, -0.2) is 28.2 Å². The SMILES string of the molecule is OCCCNCc1ncccn1. The Morgan fingerprint density at radius 2 is 2.08 bits per heavy atom. The Kier molecular flexibility index (Phi) is 4.26. The highest BCUT2D eigenvalue weighted by Crippen LogP contribution is 1.85. The van der Waals surface area contributed by atoms with Crippen molar-refractivity contribution in [2.45, 2.75) is 13.0 Å². The summed E-state index contributed by atoms with van der Waals surface area (Å²) < 4.78 is 0. The molecule has 0 aliphatic rings. The summed E-state index contributed by atoms with van der Waals surface area (Å²) in [6, 6.07) is 1.79.